The van der Waals surface area contributed by atoms with E-state index in [1.165, 1.54) is 13.0 Å². The van der Waals surface area contributed by atoms with Crippen LogP contribution in [0.3, 0.4) is 0 Å². The fourth-order valence-electron chi connectivity index (χ4n) is 1.91. The number of ether oxygens (including phenoxy) is 3. The lowest BCUT2D eigenvalue weighted by atomic mass is 10.1. The quantitative estimate of drug-likeness (QED) is 0.449. The van der Waals surface area contributed by atoms with E-state index in [1.807, 2.05) is 0 Å². The van der Waals surface area contributed by atoms with E-state index in [0.29, 0.717) is 35.9 Å². The predicted octanol–water partition coefficient (Wildman–Crippen LogP) is 1.31. The molecule has 0 bridgehead atoms. The Morgan fingerprint density at radius 1 is 1.32 bits per heavy atom. The van der Waals surface area contributed by atoms with Crippen molar-refractivity contribution < 1.29 is 23.8 Å². The van der Waals surface area contributed by atoms with Crippen LogP contribution in [0.5, 0.6) is 11.5 Å². The number of nitrogens with one attached hydrogen (secondary N) is 2. The molecular weight excluding hydrogens is 288 g/mol. The van der Waals surface area contributed by atoms with Gasteiger partial charge in [-0.05, 0) is 6.07 Å². The van der Waals surface area contributed by atoms with Crippen molar-refractivity contribution >= 4 is 17.4 Å². The maximum Gasteiger partial charge on any atom is 0.231 e. The molecule has 1 aliphatic rings. The highest BCUT2D eigenvalue weighted by Crippen LogP contribution is 2.37. The van der Waals surface area contributed by atoms with E-state index < -0.39 is 0 Å². The highest BCUT2D eigenvalue weighted by Gasteiger charge is 2.20. The second-order valence-electron chi connectivity index (χ2n) is 4.58. The summed E-state index contributed by atoms with van der Waals surface area (Å²) < 4.78 is 15.4. The molecule has 2 N–H and O–H groups in total. The topological polar surface area (TPSA) is 85.9 Å². The third kappa shape index (κ3) is 3.98. The van der Waals surface area contributed by atoms with Crippen molar-refractivity contribution in [2.45, 2.75) is 6.92 Å². The number of hydrogen-bond acceptors (Lipinski definition) is 6. The zero-order valence-electron chi connectivity index (χ0n) is 12.5. The van der Waals surface area contributed by atoms with Gasteiger partial charge in [0.05, 0.1) is 12.3 Å². The molecule has 0 aliphatic carbocycles. The molecule has 0 unspecified atom stereocenters. The lowest BCUT2D eigenvalue weighted by Gasteiger charge is -2.09. The summed E-state index contributed by atoms with van der Waals surface area (Å²) in [4.78, 5) is 23.6. The smallest absolute Gasteiger partial charge is 0.231 e. The lowest BCUT2D eigenvalue weighted by Crippen LogP contribution is -2.13. The van der Waals surface area contributed by atoms with E-state index in [0.717, 1.165) is 0 Å². The first-order valence-electron chi connectivity index (χ1n) is 6.76. The second kappa shape index (κ2) is 7.46. The number of methoxy groups -OCH3 is 1. The summed E-state index contributed by atoms with van der Waals surface area (Å²) in [7, 11) is 1.60. The van der Waals surface area contributed by atoms with Gasteiger partial charge in [-0.15, -0.1) is 0 Å². The number of rotatable bonds is 7. The molecule has 7 heteroatoms. The predicted molar refractivity (Wildman–Crippen MR) is 80.2 cm³/mol. The number of hydrogen-bond donors (Lipinski definition) is 2. The van der Waals surface area contributed by atoms with Crippen LogP contribution in [-0.4, -0.2) is 38.7 Å². The van der Waals surface area contributed by atoms with E-state index in [9.17, 15) is 9.59 Å². The molecular formula is C15H18N2O5. The van der Waals surface area contributed by atoms with Gasteiger partial charge in [0.2, 0.25) is 12.7 Å². The summed E-state index contributed by atoms with van der Waals surface area (Å²) in [6.07, 6.45) is 2.93. The van der Waals surface area contributed by atoms with Crippen LogP contribution in [0.25, 0.3) is 0 Å². The second-order valence-corrected chi connectivity index (χ2v) is 4.58. The molecule has 1 aromatic carbocycles. The van der Waals surface area contributed by atoms with Crippen LogP contribution in [0.2, 0.25) is 0 Å². The van der Waals surface area contributed by atoms with Gasteiger partial charge in [-0.25, -0.2) is 0 Å². The molecule has 0 fully saturated rings. The Morgan fingerprint density at radius 2 is 2.05 bits per heavy atom. The maximum atomic E-state index is 12.3. The van der Waals surface area contributed by atoms with Crippen LogP contribution in [0.4, 0.5) is 5.69 Å². The Labute approximate surface area is 128 Å². The van der Waals surface area contributed by atoms with Crippen molar-refractivity contribution in [1.82, 2.24) is 5.32 Å². The average molecular weight is 306 g/mol. The van der Waals surface area contributed by atoms with Crippen LogP contribution < -0.4 is 20.1 Å². The van der Waals surface area contributed by atoms with Gasteiger partial charge in [0.1, 0.15) is 0 Å². The molecule has 22 heavy (non-hydrogen) atoms. The Hall–Kier alpha value is -2.54. The highest BCUT2D eigenvalue weighted by molar-refractivity contribution is 6.10. The van der Waals surface area contributed by atoms with Crippen LogP contribution in [0.15, 0.2) is 24.4 Å². The van der Waals surface area contributed by atoms with Gasteiger partial charge in [-0.2, -0.15) is 0 Å². The van der Waals surface area contributed by atoms with E-state index in [1.54, 1.807) is 25.4 Å². The Morgan fingerprint density at radius 3 is 2.73 bits per heavy atom. The molecule has 2 rings (SSSR count). The van der Waals surface area contributed by atoms with Crippen molar-refractivity contribution in [3.8, 4) is 11.5 Å². The van der Waals surface area contributed by atoms with Crippen molar-refractivity contribution in [3.63, 3.8) is 0 Å². The molecule has 1 aromatic rings. The minimum atomic E-state index is -0.268. The first-order chi connectivity index (χ1) is 10.6. The van der Waals surface area contributed by atoms with Gasteiger partial charge in [0, 0.05) is 44.5 Å². The standard InChI is InChI=1S/C15H18N2O5/c1-10(18)17-12-8-15-14(21-9-22-15)7-11(12)13(19)3-4-16-5-6-20-2/h3-4,7-8,16H,5-6,9H2,1-2H3,(H,17,18)/b4-3+. The van der Waals surface area contributed by atoms with Crippen LogP contribution in [-0.2, 0) is 9.53 Å². The molecule has 0 saturated heterocycles. The highest BCUT2D eigenvalue weighted by atomic mass is 16.7. The number of allylic oxidation sites excluding steroid dienone is 1. The Kier molecular flexibility index (Phi) is 5.37. The van der Waals surface area contributed by atoms with Crippen molar-refractivity contribution in [3.05, 3.63) is 30.0 Å². The fraction of sp³-hybridized carbons (Fsp3) is 0.333. The van der Waals surface area contributed by atoms with Crippen molar-refractivity contribution in [1.29, 1.82) is 0 Å². The summed E-state index contributed by atoms with van der Waals surface area (Å²) in [6, 6.07) is 3.15. The van der Waals surface area contributed by atoms with Gasteiger partial charge >= 0.3 is 0 Å². The number of carbonyl (C=O) groups excluding carboxylic acids is 2. The van der Waals surface area contributed by atoms with Crippen molar-refractivity contribution in [2.75, 3.05) is 32.4 Å². The molecule has 1 aliphatic heterocycles. The summed E-state index contributed by atoms with van der Waals surface area (Å²) in [5, 5.41) is 5.55. The third-order valence-electron chi connectivity index (χ3n) is 2.89. The molecule has 0 saturated carbocycles. The van der Waals surface area contributed by atoms with Gasteiger partial charge in [-0.1, -0.05) is 0 Å². The summed E-state index contributed by atoms with van der Waals surface area (Å²) in [5.74, 6) is 0.461. The van der Waals surface area contributed by atoms with Crippen LogP contribution >= 0.6 is 0 Å². The number of carbonyl (C=O) groups is 2. The molecule has 1 heterocycles. The van der Waals surface area contributed by atoms with E-state index in [4.69, 9.17) is 14.2 Å². The fourth-order valence-corrected chi connectivity index (χ4v) is 1.91. The molecule has 0 spiro atoms. The largest absolute Gasteiger partial charge is 0.454 e. The van der Waals surface area contributed by atoms with Crippen molar-refractivity contribution in [2.24, 2.45) is 0 Å². The Bertz CT molecular complexity index is 598. The monoisotopic (exact) mass is 306 g/mol. The van der Waals surface area contributed by atoms with Gasteiger partial charge in [-0.3, -0.25) is 9.59 Å². The molecule has 0 aromatic heterocycles. The molecule has 0 atom stereocenters. The molecule has 118 valence electrons. The van der Waals surface area contributed by atoms with E-state index in [2.05, 4.69) is 10.6 Å². The van der Waals surface area contributed by atoms with Gasteiger partial charge < -0.3 is 24.8 Å². The average Bonchev–Trinajstić information content (AvgIpc) is 2.92. The first kappa shape index (κ1) is 15.8. The maximum absolute atomic E-state index is 12.3. The van der Waals surface area contributed by atoms with Gasteiger partial charge in [0.25, 0.3) is 0 Å². The van der Waals surface area contributed by atoms with E-state index >= 15 is 0 Å². The number of benzene rings is 1. The van der Waals surface area contributed by atoms with Crippen LogP contribution in [0, 0.1) is 0 Å². The first-order valence-corrected chi connectivity index (χ1v) is 6.76. The minimum absolute atomic E-state index is 0.0981. The molecule has 7 nitrogen and oxygen atoms in total. The molecule has 0 radical (unpaired) electrons. The van der Waals surface area contributed by atoms with Crippen LogP contribution in [0.1, 0.15) is 17.3 Å². The minimum Gasteiger partial charge on any atom is -0.454 e. The number of ketones is 1. The number of fused-ring (bicyclic) bond motifs is 1. The van der Waals surface area contributed by atoms with E-state index in [-0.39, 0.29) is 18.5 Å². The lowest BCUT2D eigenvalue weighted by molar-refractivity contribution is -0.114. The zero-order chi connectivity index (χ0) is 15.9. The summed E-state index contributed by atoms with van der Waals surface area (Å²) in [6.45, 7) is 2.61. The SMILES string of the molecule is COCCN/C=C/C(=O)c1cc2c(cc1NC(C)=O)OCO2. The Balaban J connectivity index is 2.17. The zero-order valence-corrected chi connectivity index (χ0v) is 12.5. The summed E-state index contributed by atoms with van der Waals surface area (Å²) >= 11 is 0. The third-order valence-corrected chi connectivity index (χ3v) is 2.89. The van der Waals surface area contributed by atoms with Gasteiger partial charge in [0.15, 0.2) is 17.3 Å². The summed E-state index contributed by atoms with van der Waals surface area (Å²) in [5.41, 5.74) is 0.729. The normalized spacial score (nSPS) is 12.5. The number of amides is 1. The molecule has 1 amide bonds. The number of anilines is 1.